The molecule has 14 heteroatoms. The molecule has 4 aromatic rings. The van der Waals surface area contributed by atoms with Crippen LogP contribution in [0.1, 0.15) is 50.2 Å². The van der Waals surface area contributed by atoms with Gasteiger partial charge in [0.1, 0.15) is 22.9 Å². The Kier molecular flexibility index (Phi) is 12.6. The quantitative estimate of drug-likeness (QED) is 0.0639. The maximum absolute atomic E-state index is 11.6. The number of hydrogen-bond donors (Lipinski definition) is 3. The van der Waals surface area contributed by atoms with E-state index in [1.54, 1.807) is 52.0 Å². The Hall–Kier alpha value is -5.92. The van der Waals surface area contributed by atoms with Crippen LogP contribution in [0, 0.1) is 37.8 Å². The number of nitrogens with zero attached hydrogens (tertiary/aromatic N) is 3. The zero-order chi connectivity index (χ0) is 35.5. The average molecular weight is 661 g/mol. The third-order valence-electron chi connectivity index (χ3n) is 6.79. The number of anilines is 3. The zero-order valence-corrected chi connectivity index (χ0v) is 28.1. The molecule has 0 aliphatic rings. The van der Waals surface area contributed by atoms with E-state index in [0.29, 0.717) is 40.0 Å². The van der Waals surface area contributed by atoms with Gasteiger partial charge < -0.3 is 35.3 Å². The summed E-state index contributed by atoms with van der Waals surface area (Å²) in [5, 5.41) is 17.6. The third-order valence-corrected chi connectivity index (χ3v) is 6.79. The molecule has 0 radical (unpaired) electrons. The van der Waals surface area contributed by atoms with Crippen LogP contribution in [0.25, 0.3) is 0 Å². The second-order valence-electron chi connectivity index (χ2n) is 10.6. The molecule has 0 aliphatic carbocycles. The van der Waals surface area contributed by atoms with Crippen LogP contribution in [-0.2, 0) is 19.1 Å². The van der Waals surface area contributed by atoms with Crippen LogP contribution >= 0.6 is 0 Å². The molecule has 2 atom stereocenters. The van der Waals surface area contributed by atoms with Gasteiger partial charge >= 0.3 is 23.5 Å². The van der Waals surface area contributed by atoms with Crippen molar-refractivity contribution in [2.24, 2.45) is 0 Å². The number of pyridine rings is 2. The Morgan fingerprint density at radius 2 is 1.12 bits per heavy atom. The summed E-state index contributed by atoms with van der Waals surface area (Å²) in [6, 6.07) is 18.0. The third kappa shape index (κ3) is 10.0. The molecule has 2 aromatic carbocycles. The highest BCUT2D eigenvalue weighted by Crippen LogP contribution is 2.40. The van der Waals surface area contributed by atoms with Gasteiger partial charge in [0.05, 0.1) is 10.6 Å². The number of carbonyl (C=O) groups excluding carboxylic acids is 2. The number of nitrogen functional groups attached to an aromatic ring is 1. The molecule has 4 N–H and O–H groups in total. The average Bonchev–Trinajstić information content (AvgIpc) is 3.01. The number of nitro groups is 1. The van der Waals surface area contributed by atoms with Crippen molar-refractivity contribution in [3.63, 3.8) is 0 Å². The predicted molar refractivity (Wildman–Crippen MR) is 181 cm³/mol. The van der Waals surface area contributed by atoms with Crippen LogP contribution in [0.4, 0.5) is 22.7 Å². The minimum Gasteiger partial charge on any atom is -0.442 e. The van der Waals surface area contributed by atoms with Crippen molar-refractivity contribution < 1.29 is 33.5 Å². The van der Waals surface area contributed by atoms with Crippen molar-refractivity contribution in [3.8, 4) is 23.3 Å². The molecule has 2 unspecified atom stereocenters. The van der Waals surface area contributed by atoms with Gasteiger partial charge in [-0.3, -0.25) is 19.7 Å². The van der Waals surface area contributed by atoms with Gasteiger partial charge in [-0.25, -0.2) is 9.97 Å². The fourth-order valence-corrected chi connectivity index (χ4v) is 4.39. The Labute approximate surface area is 278 Å². The van der Waals surface area contributed by atoms with Crippen molar-refractivity contribution in [3.05, 3.63) is 93.3 Å². The number of carbonyl (C=O) groups is 2. The van der Waals surface area contributed by atoms with E-state index in [1.807, 2.05) is 50.2 Å². The maximum atomic E-state index is 11.6. The largest absolute Gasteiger partial charge is 0.442 e. The Morgan fingerprint density at radius 3 is 1.56 bits per heavy atom. The summed E-state index contributed by atoms with van der Waals surface area (Å²) < 4.78 is 21.5. The monoisotopic (exact) mass is 660 g/mol. The van der Waals surface area contributed by atoms with E-state index in [4.69, 9.17) is 24.7 Å². The molecule has 48 heavy (non-hydrogen) atoms. The van der Waals surface area contributed by atoms with E-state index in [9.17, 15) is 19.7 Å². The number of nitrogens with two attached hydrogens (primary N) is 1. The summed E-state index contributed by atoms with van der Waals surface area (Å²) in [4.78, 5) is 41.8. The van der Waals surface area contributed by atoms with E-state index in [2.05, 4.69) is 20.6 Å². The zero-order valence-electron chi connectivity index (χ0n) is 28.1. The molecular formula is C34H40N6O8. The lowest BCUT2D eigenvalue weighted by Crippen LogP contribution is -2.23. The predicted octanol–water partition coefficient (Wildman–Crippen LogP) is 7.11. The molecule has 0 saturated carbocycles. The van der Waals surface area contributed by atoms with Gasteiger partial charge in [0.2, 0.25) is 5.88 Å². The van der Waals surface area contributed by atoms with Crippen molar-refractivity contribution in [2.45, 2.75) is 67.8 Å². The summed E-state index contributed by atoms with van der Waals surface area (Å²) in [5.41, 5.74) is 9.90. The first-order valence-corrected chi connectivity index (χ1v) is 14.9. The molecular weight excluding hydrogens is 620 g/mol. The lowest BCUT2D eigenvalue weighted by molar-refractivity contribution is -0.385. The van der Waals surface area contributed by atoms with Crippen LogP contribution in [0.3, 0.4) is 0 Å². The minimum absolute atomic E-state index is 0.128. The maximum Gasteiger partial charge on any atom is 0.354 e. The van der Waals surface area contributed by atoms with Crippen molar-refractivity contribution in [1.82, 2.24) is 9.97 Å². The van der Waals surface area contributed by atoms with Gasteiger partial charge in [0.15, 0.2) is 12.5 Å². The normalized spacial score (nSPS) is 11.6. The van der Waals surface area contributed by atoms with Gasteiger partial charge in [0, 0.05) is 30.8 Å². The number of esters is 2. The first kappa shape index (κ1) is 36.5. The van der Waals surface area contributed by atoms with E-state index >= 15 is 0 Å². The Balaban J connectivity index is 0.000000261. The number of benzene rings is 2. The van der Waals surface area contributed by atoms with E-state index in [0.717, 1.165) is 11.3 Å². The molecule has 0 aliphatic heterocycles. The van der Waals surface area contributed by atoms with Gasteiger partial charge in [0.25, 0.3) is 0 Å². The minimum atomic E-state index is -0.749. The molecule has 2 aromatic heterocycles. The molecule has 0 fully saturated rings. The number of rotatable bonds is 11. The van der Waals surface area contributed by atoms with Gasteiger partial charge in [-0.05, 0) is 71.4 Å². The van der Waals surface area contributed by atoms with Crippen molar-refractivity contribution in [1.29, 1.82) is 0 Å². The molecule has 0 bridgehead atoms. The molecule has 4 rings (SSSR count). The first-order chi connectivity index (χ1) is 22.7. The second kappa shape index (κ2) is 16.6. The summed E-state index contributed by atoms with van der Waals surface area (Å²) in [6.07, 6.45) is -1.26. The topological polar surface area (TPSA) is 190 Å². The van der Waals surface area contributed by atoms with E-state index in [1.165, 1.54) is 13.8 Å². The highest BCUT2D eigenvalue weighted by atomic mass is 16.6. The highest BCUT2D eigenvalue weighted by molar-refractivity contribution is 5.76. The second-order valence-corrected chi connectivity index (χ2v) is 10.6. The number of nitrogens with one attached hydrogen (secondary N) is 2. The molecule has 254 valence electrons. The lowest BCUT2D eigenvalue weighted by atomic mass is 10.1. The van der Waals surface area contributed by atoms with Gasteiger partial charge in [-0.2, -0.15) is 0 Å². The number of ether oxygens (including phenoxy) is 4. The summed E-state index contributed by atoms with van der Waals surface area (Å²) in [6.45, 7) is 13.1. The van der Waals surface area contributed by atoms with Gasteiger partial charge in [-0.1, -0.05) is 36.4 Å². The first-order valence-electron chi connectivity index (χ1n) is 14.9. The van der Waals surface area contributed by atoms with E-state index < -0.39 is 23.3 Å². The molecule has 14 nitrogen and oxygen atoms in total. The molecule has 0 spiro atoms. The number of aryl methyl sites for hydroxylation is 2. The van der Waals surface area contributed by atoms with Crippen LogP contribution in [0.2, 0.25) is 0 Å². The fourth-order valence-electron chi connectivity index (χ4n) is 4.39. The van der Waals surface area contributed by atoms with Crippen LogP contribution in [0.5, 0.6) is 23.3 Å². The fraction of sp³-hybridized carbons (Fsp3) is 0.294. The van der Waals surface area contributed by atoms with Crippen molar-refractivity contribution >= 4 is 34.7 Å². The summed E-state index contributed by atoms with van der Waals surface area (Å²) >= 11 is 0. The Morgan fingerprint density at radius 1 is 0.729 bits per heavy atom. The number of aromatic nitrogens is 2. The lowest BCUT2D eigenvalue weighted by Gasteiger charge is -2.21. The summed E-state index contributed by atoms with van der Waals surface area (Å²) in [5.74, 6) is 0.405. The standard InChI is InChI=1S/C17H19N3O5.C17H21N3O3/c1-10-11(2)18-17(25-14-8-6-5-7-9-14)16(20(22)23)15(10)19-12(3)24-13(4)21;1-10-11(2)19-17(23-14-8-6-5-7-9-14)15(18)16(10)20-12(3)22-13(4)21/h5-9,12H,1-4H3,(H,18,19);5-9,12H,18H2,1-4H3,(H,19,20). The van der Waals surface area contributed by atoms with Crippen LogP contribution in [-0.4, -0.2) is 39.3 Å². The van der Waals surface area contributed by atoms with Crippen LogP contribution < -0.4 is 25.8 Å². The van der Waals surface area contributed by atoms with Crippen molar-refractivity contribution in [2.75, 3.05) is 16.4 Å². The molecule has 0 amide bonds. The number of para-hydroxylation sites is 2. The Bertz CT molecular complexity index is 1750. The highest BCUT2D eigenvalue weighted by Gasteiger charge is 2.28. The smallest absolute Gasteiger partial charge is 0.354 e. The molecule has 0 saturated heterocycles. The van der Waals surface area contributed by atoms with Gasteiger partial charge in [-0.15, -0.1) is 0 Å². The van der Waals surface area contributed by atoms with E-state index in [-0.39, 0.29) is 23.2 Å². The number of hydrogen-bond acceptors (Lipinski definition) is 13. The van der Waals surface area contributed by atoms with Crippen LogP contribution in [0.15, 0.2) is 60.7 Å². The molecule has 2 heterocycles. The SMILES string of the molecule is CC(=O)OC(C)Nc1c(C)c(C)nc(Oc2ccccc2)c1N.CC(=O)OC(C)Nc1c(C)c(C)nc(Oc2ccccc2)c1[N+](=O)[O-]. The summed E-state index contributed by atoms with van der Waals surface area (Å²) in [7, 11) is 0.